The van der Waals surface area contributed by atoms with Gasteiger partial charge in [-0.1, -0.05) is 0 Å². The van der Waals surface area contributed by atoms with E-state index in [1.807, 2.05) is 0 Å². The summed E-state index contributed by atoms with van der Waals surface area (Å²) in [7, 11) is 6.20. The van der Waals surface area contributed by atoms with Crippen LogP contribution in [0.2, 0.25) is 0 Å². The predicted molar refractivity (Wildman–Crippen MR) is 72.9 cm³/mol. The molecule has 0 spiro atoms. The van der Waals surface area contributed by atoms with Gasteiger partial charge in [-0.15, -0.1) is 0 Å². The average Bonchev–Trinajstić information content (AvgIpc) is 2.70. The number of likely N-dealkylation sites (N-methyl/N-ethyl adjacent to an activating group) is 1. The molecule has 20 heavy (non-hydrogen) atoms. The summed E-state index contributed by atoms with van der Waals surface area (Å²) >= 11 is 0. The first-order valence-electron chi connectivity index (χ1n) is 5.95. The summed E-state index contributed by atoms with van der Waals surface area (Å²) in [5, 5.41) is 10.3. The highest BCUT2D eigenvalue weighted by molar-refractivity contribution is 6.05. The highest BCUT2D eigenvalue weighted by atomic mass is 16.5. The maximum absolute atomic E-state index is 11.6. The van der Waals surface area contributed by atoms with Gasteiger partial charge in [-0.25, -0.2) is 4.79 Å². The Labute approximate surface area is 116 Å². The van der Waals surface area contributed by atoms with E-state index in [1.54, 1.807) is 19.2 Å². The number of nitrogens with one attached hydrogen (secondary N) is 2. The Balaban J connectivity index is 2.52. The summed E-state index contributed by atoms with van der Waals surface area (Å²) in [5.41, 5.74) is 0.713. The standard InChI is InChI=1S/C13H17N3O4/c1-16-10(12(14)15-13(16)17)7-5-8(18-2)11(20-4)9(6-7)19-3/h5-6,10H,1-4H3,(H2,14,15,17). The van der Waals surface area contributed by atoms with Gasteiger partial charge in [0.15, 0.2) is 11.5 Å². The van der Waals surface area contributed by atoms with Gasteiger partial charge >= 0.3 is 6.03 Å². The van der Waals surface area contributed by atoms with E-state index < -0.39 is 6.04 Å². The summed E-state index contributed by atoms with van der Waals surface area (Å²) in [5.74, 6) is 1.57. The van der Waals surface area contributed by atoms with Gasteiger partial charge in [0.05, 0.1) is 21.3 Å². The Morgan fingerprint density at radius 1 is 1.15 bits per heavy atom. The van der Waals surface area contributed by atoms with Crippen LogP contribution in [0, 0.1) is 5.41 Å². The number of carbonyl (C=O) groups is 1. The number of urea groups is 1. The van der Waals surface area contributed by atoms with E-state index in [2.05, 4.69) is 5.32 Å². The fourth-order valence-electron chi connectivity index (χ4n) is 2.23. The van der Waals surface area contributed by atoms with Crippen molar-refractivity contribution in [2.24, 2.45) is 0 Å². The minimum Gasteiger partial charge on any atom is -0.493 e. The van der Waals surface area contributed by atoms with Crippen LogP contribution in [0.5, 0.6) is 17.2 Å². The van der Waals surface area contributed by atoms with Crippen LogP contribution in [0.4, 0.5) is 4.79 Å². The molecule has 2 amide bonds. The number of nitrogens with zero attached hydrogens (tertiary/aromatic N) is 1. The number of rotatable bonds is 4. The van der Waals surface area contributed by atoms with E-state index in [4.69, 9.17) is 19.6 Å². The first-order valence-corrected chi connectivity index (χ1v) is 5.95. The van der Waals surface area contributed by atoms with Crippen LogP contribution >= 0.6 is 0 Å². The zero-order valence-electron chi connectivity index (χ0n) is 11.8. The van der Waals surface area contributed by atoms with Crippen LogP contribution in [0.3, 0.4) is 0 Å². The highest BCUT2D eigenvalue weighted by Crippen LogP contribution is 2.41. The Morgan fingerprint density at radius 3 is 2.05 bits per heavy atom. The van der Waals surface area contributed by atoms with E-state index in [-0.39, 0.29) is 11.9 Å². The van der Waals surface area contributed by atoms with Crippen molar-refractivity contribution in [2.45, 2.75) is 6.04 Å². The number of hydrogen-bond donors (Lipinski definition) is 2. The largest absolute Gasteiger partial charge is 0.493 e. The van der Waals surface area contributed by atoms with Crippen molar-refractivity contribution < 1.29 is 19.0 Å². The molecule has 2 N–H and O–H groups in total. The Morgan fingerprint density at radius 2 is 1.70 bits per heavy atom. The summed E-state index contributed by atoms with van der Waals surface area (Å²) in [4.78, 5) is 13.0. The fourth-order valence-corrected chi connectivity index (χ4v) is 2.23. The number of benzene rings is 1. The predicted octanol–water partition coefficient (Wildman–Crippen LogP) is 1.39. The molecule has 7 heteroatoms. The van der Waals surface area contributed by atoms with Gasteiger partial charge in [0.25, 0.3) is 0 Å². The van der Waals surface area contributed by atoms with Crippen LogP contribution < -0.4 is 19.5 Å². The molecule has 1 aliphatic rings. The van der Waals surface area contributed by atoms with E-state index in [9.17, 15) is 4.79 Å². The van der Waals surface area contributed by atoms with Crippen molar-refractivity contribution in [1.82, 2.24) is 10.2 Å². The third-order valence-electron chi connectivity index (χ3n) is 3.23. The molecule has 1 fully saturated rings. The molecular weight excluding hydrogens is 262 g/mol. The van der Waals surface area contributed by atoms with E-state index >= 15 is 0 Å². The third kappa shape index (κ3) is 2.11. The molecule has 1 heterocycles. The second-order valence-corrected chi connectivity index (χ2v) is 4.32. The molecule has 0 saturated carbocycles. The summed E-state index contributed by atoms with van der Waals surface area (Å²) in [6, 6.07) is 2.67. The molecule has 108 valence electrons. The number of hydrogen-bond acceptors (Lipinski definition) is 5. The van der Waals surface area contributed by atoms with E-state index in [0.717, 1.165) is 0 Å². The third-order valence-corrected chi connectivity index (χ3v) is 3.23. The molecule has 1 saturated heterocycles. The molecule has 7 nitrogen and oxygen atoms in total. The zero-order valence-corrected chi connectivity index (χ0v) is 11.8. The lowest BCUT2D eigenvalue weighted by atomic mass is 10.0. The zero-order chi connectivity index (χ0) is 14.9. The van der Waals surface area contributed by atoms with Crippen LogP contribution in [0.1, 0.15) is 11.6 Å². The van der Waals surface area contributed by atoms with E-state index in [1.165, 1.54) is 26.2 Å². The smallest absolute Gasteiger partial charge is 0.323 e. The number of ether oxygens (including phenoxy) is 3. The van der Waals surface area contributed by atoms with Crippen molar-refractivity contribution >= 4 is 11.9 Å². The molecule has 1 atom stereocenters. The van der Waals surface area contributed by atoms with Gasteiger partial charge in [-0.3, -0.25) is 10.7 Å². The minimum atomic E-state index is -0.490. The number of carbonyl (C=O) groups excluding carboxylic acids is 1. The maximum atomic E-state index is 11.6. The summed E-state index contributed by atoms with van der Waals surface area (Å²) < 4.78 is 15.8. The van der Waals surface area contributed by atoms with Crippen LogP contribution in [0.25, 0.3) is 0 Å². The SMILES string of the molecule is COc1cc(C2C(=N)NC(=O)N2C)cc(OC)c1OC. The van der Waals surface area contributed by atoms with Gasteiger partial charge in [-0.2, -0.15) is 0 Å². The van der Waals surface area contributed by atoms with Crippen molar-refractivity contribution in [3.8, 4) is 17.2 Å². The lowest BCUT2D eigenvalue weighted by Gasteiger charge is -2.20. The lowest BCUT2D eigenvalue weighted by Crippen LogP contribution is -2.25. The van der Waals surface area contributed by atoms with Crippen LogP contribution in [0.15, 0.2) is 12.1 Å². The Kier molecular flexibility index (Phi) is 3.69. The molecule has 0 aliphatic carbocycles. The second kappa shape index (κ2) is 5.28. The lowest BCUT2D eigenvalue weighted by molar-refractivity contribution is 0.217. The summed E-state index contributed by atoms with van der Waals surface area (Å²) in [6.07, 6.45) is 0. The first kappa shape index (κ1) is 14.0. The summed E-state index contributed by atoms with van der Waals surface area (Å²) in [6.45, 7) is 0. The first-order chi connectivity index (χ1) is 9.53. The van der Waals surface area contributed by atoms with E-state index in [0.29, 0.717) is 22.8 Å². The van der Waals surface area contributed by atoms with Crippen molar-refractivity contribution in [3.63, 3.8) is 0 Å². The number of amides is 2. The molecule has 2 rings (SSSR count). The van der Waals surface area contributed by atoms with Gasteiger partial charge < -0.3 is 19.1 Å². The van der Waals surface area contributed by atoms with Crippen molar-refractivity contribution in [1.29, 1.82) is 5.41 Å². The molecule has 0 bridgehead atoms. The van der Waals surface area contributed by atoms with Gasteiger partial charge in [0.2, 0.25) is 5.75 Å². The molecule has 1 unspecified atom stereocenters. The molecule has 1 aromatic rings. The van der Waals surface area contributed by atoms with Crippen LogP contribution in [-0.4, -0.2) is 45.1 Å². The van der Waals surface area contributed by atoms with Gasteiger partial charge in [-0.05, 0) is 17.7 Å². The fraction of sp³-hybridized carbons (Fsp3) is 0.385. The second-order valence-electron chi connectivity index (χ2n) is 4.32. The number of amidine groups is 1. The molecular formula is C13H17N3O4. The van der Waals surface area contributed by atoms with Gasteiger partial charge in [0.1, 0.15) is 11.9 Å². The van der Waals surface area contributed by atoms with Crippen LogP contribution in [-0.2, 0) is 0 Å². The molecule has 1 aliphatic heterocycles. The normalized spacial score (nSPS) is 18.0. The topological polar surface area (TPSA) is 83.9 Å². The molecule has 1 aromatic carbocycles. The Hall–Kier alpha value is -2.44. The van der Waals surface area contributed by atoms with Gasteiger partial charge in [0, 0.05) is 7.05 Å². The molecule has 0 aromatic heterocycles. The Bertz CT molecular complexity index is 534. The minimum absolute atomic E-state index is 0.117. The quantitative estimate of drug-likeness (QED) is 0.872. The monoisotopic (exact) mass is 279 g/mol. The maximum Gasteiger partial charge on any atom is 0.323 e. The number of methoxy groups -OCH3 is 3. The van der Waals surface area contributed by atoms with Crippen molar-refractivity contribution in [2.75, 3.05) is 28.4 Å². The average molecular weight is 279 g/mol. The van der Waals surface area contributed by atoms with Crippen molar-refractivity contribution in [3.05, 3.63) is 17.7 Å². The highest BCUT2D eigenvalue weighted by Gasteiger charge is 2.35. The molecule has 0 radical (unpaired) electrons.